The summed E-state index contributed by atoms with van der Waals surface area (Å²) >= 11 is 0. The second kappa shape index (κ2) is 4.58. The lowest BCUT2D eigenvalue weighted by Crippen LogP contribution is -2.63. The van der Waals surface area contributed by atoms with Crippen molar-refractivity contribution in [2.75, 3.05) is 44.2 Å². The Bertz CT molecular complexity index is 386. The lowest BCUT2D eigenvalue weighted by atomic mass is 10.1. The summed E-state index contributed by atoms with van der Waals surface area (Å²) < 4.78 is 13.5. The predicted octanol–water partition coefficient (Wildman–Crippen LogP) is 0.314. The van der Waals surface area contributed by atoms with E-state index < -0.39 is 0 Å². The van der Waals surface area contributed by atoms with Crippen LogP contribution in [0.2, 0.25) is 0 Å². The van der Waals surface area contributed by atoms with Crippen molar-refractivity contribution in [3.63, 3.8) is 0 Å². The first-order valence-corrected chi connectivity index (χ1v) is 6.15. The van der Waals surface area contributed by atoms with Crippen molar-refractivity contribution in [2.45, 2.75) is 6.04 Å². The minimum atomic E-state index is -0.216. The van der Waals surface area contributed by atoms with E-state index in [2.05, 4.69) is 15.2 Å². The lowest BCUT2D eigenvalue weighted by molar-refractivity contribution is 0.146. The molecule has 3 rings (SSSR count). The summed E-state index contributed by atoms with van der Waals surface area (Å²) in [5.41, 5.74) is 0. The molecule has 2 saturated heterocycles. The number of hydrogen-bond donors (Lipinski definition) is 1. The fourth-order valence-electron chi connectivity index (χ4n) is 2.52. The monoisotopic (exact) mass is 236 g/mol. The highest BCUT2D eigenvalue weighted by atomic mass is 19.1. The zero-order chi connectivity index (χ0) is 11.7. The Labute approximate surface area is 100 Å². The highest BCUT2D eigenvalue weighted by Crippen LogP contribution is 2.24. The van der Waals surface area contributed by atoms with Crippen LogP contribution in [0, 0.1) is 5.82 Å². The Hall–Kier alpha value is -1.20. The second-order valence-corrected chi connectivity index (χ2v) is 4.65. The molecule has 0 amide bonds. The van der Waals surface area contributed by atoms with Gasteiger partial charge in [-0.1, -0.05) is 0 Å². The van der Waals surface area contributed by atoms with Crippen LogP contribution < -0.4 is 10.2 Å². The van der Waals surface area contributed by atoms with Gasteiger partial charge in [-0.05, 0) is 12.1 Å². The zero-order valence-electron chi connectivity index (χ0n) is 9.77. The Morgan fingerprint density at radius 2 is 2.06 bits per heavy atom. The van der Waals surface area contributed by atoms with Gasteiger partial charge in [-0.3, -0.25) is 4.90 Å². The number of nitrogens with one attached hydrogen (secondary N) is 1. The number of hydrogen-bond acceptors (Lipinski definition) is 4. The van der Waals surface area contributed by atoms with Crippen molar-refractivity contribution in [1.82, 2.24) is 15.2 Å². The van der Waals surface area contributed by atoms with Crippen molar-refractivity contribution in [1.29, 1.82) is 0 Å². The van der Waals surface area contributed by atoms with Crippen LogP contribution in [0.25, 0.3) is 0 Å². The van der Waals surface area contributed by atoms with E-state index in [1.807, 2.05) is 4.90 Å². The molecule has 0 saturated carbocycles. The fraction of sp³-hybridized carbons (Fsp3) is 0.583. The van der Waals surface area contributed by atoms with E-state index >= 15 is 0 Å². The van der Waals surface area contributed by atoms with Crippen molar-refractivity contribution >= 4 is 5.82 Å². The third-order valence-corrected chi connectivity index (χ3v) is 3.57. The van der Waals surface area contributed by atoms with Gasteiger partial charge in [-0.2, -0.15) is 0 Å². The van der Waals surface area contributed by atoms with E-state index in [-0.39, 0.29) is 5.82 Å². The summed E-state index contributed by atoms with van der Waals surface area (Å²) in [5, 5.41) is 3.34. The summed E-state index contributed by atoms with van der Waals surface area (Å²) in [7, 11) is 0. The van der Waals surface area contributed by atoms with Gasteiger partial charge >= 0.3 is 0 Å². The second-order valence-electron chi connectivity index (χ2n) is 4.65. The molecule has 0 aliphatic carbocycles. The normalized spacial score (nSPS) is 22.5. The van der Waals surface area contributed by atoms with Crippen LogP contribution in [0.1, 0.15) is 0 Å². The smallest absolute Gasteiger partial charge is 0.165 e. The minimum absolute atomic E-state index is 0.216. The van der Waals surface area contributed by atoms with Crippen molar-refractivity contribution < 1.29 is 4.39 Å². The molecule has 1 N–H and O–H groups in total. The summed E-state index contributed by atoms with van der Waals surface area (Å²) in [5.74, 6) is 0.283. The molecule has 4 nitrogen and oxygen atoms in total. The summed E-state index contributed by atoms with van der Waals surface area (Å²) in [6.45, 7) is 6.12. The lowest BCUT2D eigenvalue weighted by Gasteiger charge is -2.47. The van der Waals surface area contributed by atoms with Crippen LogP contribution in [0.5, 0.6) is 0 Å². The molecule has 2 fully saturated rings. The molecule has 2 aliphatic heterocycles. The molecule has 0 unspecified atom stereocenters. The van der Waals surface area contributed by atoms with Crippen LogP contribution in [0.15, 0.2) is 18.3 Å². The summed E-state index contributed by atoms with van der Waals surface area (Å²) in [6.07, 6.45) is 1.65. The standard InChI is InChI=1S/C12H17FN4/c13-11-2-1-3-15-12(11)17-8-10(9-17)16-6-4-14-5-7-16/h1-3,10,14H,4-9H2. The number of piperazine rings is 1. The van der Waals surface area contributed by atoms with Gasteiger partial charge < -0.3 is 10.2 Å². The van der Waals surface area contributed by atoms with Gasteiger partial charge in [0.2, 0.25) is 0 Å². The maximum absolute atomic E-state index is 13.5. The van der Waals surface area contributed by atoms with Crippen LogP contribution in [0.4, 0.5) is 10.2 Å². The SMILES string of the molecule is Fc1cccnc1N1CC(N2CCNCC2)C1. The van der Waals surface area contributed by atoms with E-state index in [0.29, 0.717) is 11.9 Å². The Morgan fingerprint density at radius 1 is 1.29 bits per heavy atom. The molecule has 1 aromatic heterocycles. The number of anilines is 1. The molecule has 2 aliphatic rings. The predicted molar refractivity (Wildman–Crippen MR) is 64.6 cm³/mol. The topological polar surface area (TPSA) is 31.4 Å². The zero-order valence-corrected chi connectivity index (χ0v) is 9.77. The van der Waals surface area contributed by atoms with E-state index in [4.69, 9.17) is 0 Å². The third kappa shape index (κ3) is 2.12. The van der Waals surface area contributed by atoms with Gasteiger partial charge in [-0.15, -0.1) is 0 Å². The maximum atomic E-state index is 13.5. The molecular weight excluding hydrogens is 219 g/mol. The molecular formula is C12H17FN4. The Morgan fingerprint density at radius 3 is 2.76 bits per heavy atom. The van der Waals surface area contributed by atoms with Gasteiger partial charge in [-0.25, -0.2) is 9.37 Å². The molecule has 17 heavy (non-hydrogen) atoms. The largest absolute Gasteiger partial charge is 0.351 e. The molecule has 92 valence electrons. The maximum Gasteiger partial charge on any atom is 0.165 e. The molecule has 0 spiro atoms. The quantitative estimate of drug-likeness (QED) is 0.801. The van der Waals surface area contributed by atoms with E-state index in [1.54, 1.807) is 12.3 Å². The first kappa shape index (κ1) is 10.9. The first-order valence-electron chi connectivity index (χ1n) is 6.15. The van der Waals surface area contributed by atoms with Gasteiger partial charge in [0.15, 0.2) is 11.6 Å². The van der Waals surface area contributed by atoms with Gasteiger partial charge in [0, 0.05) is 51.5 Å². The van der Waals surface area contributed by atoms with Gasteiger partial charge in [0.25, 0.3) is 0 Å². The highest BCUT2D eigenvalue weighted by molar-refractivity contribution is 5.43. The number of pyridine rings is 1. The van der Waals surface area contributed by atoms with Gasteiger partial charge in [0.1, 0.15) is 0 Å². The highest BCUT2D eigenvalue weighted by Gasteiger charge is 2.34. The van der Waals surface area contributed by atoms with E-state index in [9.17, 15) is 4.39 Å². The average Bonchev–Trinajstić information content (AvgIpc) is 2.31. The molecule has 0 atom stereocenters. The Balaban J connectivity index is 1.59. The molecule has 5 heteroatoms. The number of rotatable bonds is 2. The number of aromatic nitrogens is 1. The summed E-state index contributed by atoms with van der Waals surface area (Å²) in [4.78, 5) is 8.60. The Kier molecular flexibility index (Phi) is 2.94. The first-order chi connectivity index (χ1) is 8.34. The van der Waals surface area contributed by atoms with Crippen LogP contribution in [-0.4, -0.2) is 55.2 Å². The average molecular weight is 236 g/mol. The molecule has 3 heterocycles. The van der Waals surface area contributed by atoms with Crippen LogP contribution >= 0.6 is 0 Å². The number of halogens is 1. The van der Waals surface area contributed by atoms with E-state index in [0.717, 1.165) is 39.3 Å². The van der Waals surface area contributed by atoms with Gasteiger partial charge in [0.05, 0.1) is 0 Å². The van der Waals surface area contributed by atoms with E-state index in [1.165, 1.54) is 6.07 Å². The molecule has 0 radical (unpaired) electrons. The van der Waals surface area contributed by atoms with Crippen molar-refractivity contribution in [2.24, 2.45) is 0 Å². The number of nitrogens with zero attached hydrogens (tertiary/aromatic N) is 3. The molecule has 0 aromatic carbocycles. The van der Waals surface area contributed by atoms with Crippen LogP contribution in [-0.2, 0) is 0 Å². The van der Waals surface area contributed by atoms with Crippen molar-refractivity contribution in [3.05, 3.63) is 24.1 Å². The third-order valence-electron chi connectivity index (χ3n) is 3.57. The van der Waals surface area contributed by atoms with Crippen molar-refractivity contribution in [3.8, 4) is 0 Å². The fourth-order valence-corrected chi connectivity index (χ4v) is 2.52. The summed E-state index contributed by atoms with van der Waals surface area (Å²) in [6, 6.07) is 3.67. The van der Waals surface area contributed by atoms with Crippen LogP contribution in [0.3, 0.4) is 0 Å². The molecule has 1 aromatic rings. The minimum Gasteiger partial charge on any atom is -0.351 e. The molecule has 0 bridgehead atoms.